The van der Waals surface area contributed by atoms with E-state index in [1.807, 2.05) is 5.16 Å². The summed E-state index contributed by atoms with van der Waals surface area (Å²) >= 11 is 4.22. The monoisotopic (exact) mass is 248 g/mol. The maximum absolute atomic E-state index is 12.4. The number of isothiocyanates is 1. The molecule has 0 aliphatic heterocycles. The van der Waals surface area contributed by atoms with Crippen molar-refractivity contribution in [3.05, 3.63) is 33.9 Å². The number of hydrogen-bond acceptors (Lipinski definition) is 4. The SMILES string of the molecule is O=[N+]([O-])c1ccc(N=C=S)cc1C(F)(F)F. The van der Waals surface area contributed by atoms with Gasteiger partial charge in [-0.15, -0.1) is 0 Å². The normalized spacial score (nSPS) is 10.7. The van der Waals surface area contributed by atoms with Gasteiger partial charge in [0.05, 0.1) is 15.8 Å². The summed E-state index contributed by atoms with van der Waals surface area (Å²) < 4.78 is 37.3. The number of aliphatic imine (C=N–C) groups is 1. The van der Waals surface area contributed by atoms with Crippen LogP contribution in [0.4, 0.5) is 24.5 Å². The first kappa shape index (κ1) is 12.3. The lowest BCUT2D eigenvalue weighted by atomic mass is 10.1. The summed E-state index contributed by atoms with van der Waals surface area (Å²) in [5.41, 5.74) is -2.51. The fourth-order valence-electron chi connectivity index (χ4n) is 1.03. The van der Waals surface area contributed by atoms with E-state index < -0.39 is 22.4 Å². The molecule has 0 saturated carbocycles. The van der Waals surface area contributed by atoms with Crippen molar-refractivity contribution in [2.75, 3.05) is 0 Å². The zero-order valence-corrected chi connectivity index (χ0v) is 8.30. The molecule has 0 atom stereocenters. The number of alkyl halides is 3. The highest BCUT2D eigenvalue weighted by Gasteiger charge is 2.38. The van der Waals surface area contributed by atoms with Gasteiger partial charge in [0.1, 0.15) is 5.56 Å². The fraction of sp³-hybridized carbons (Fsp3) is 0.125. The maximum Gasteiger partial charge on any atom is 0.423 e. The molecule has 84 valence electrons. The molecule has 0 spiro atoms. The number of thiocarbonyl (C=S) groups is 1. The maximum atomic E-state index is 12.4. The Morgan fingerprint density at radius 1 is 1.44 bits per heavy atom. The second-order valence-corrected chi connectivity index (χ2v) is 2.84. The van der Waals surface area contributed by atoms with E-state index in [0.29, 0.717) is 6.07 Å². The van der Waals surface area contributed by atoms with Crippen molar-refractivity contribution < 1.29 is 18.1 Å². The third-order valence-electron chi connectivity index (χ3n) is 1.66. The average molecular weight is 248 g/mol. The van der Waals surface area contributed by atoms with Crippen LogP contribution in [0.25, 0.3) is 0 Å². The van der Waals surface area contributed by atoms with E-state index in [9.17, 15) is 23.3 Å². The number of halogens is 3. The van der Waals surface area contributed by atoms with Gasteiger partial charge in [-0.2, -0.15) is 18.2 Å². The van der Waals surface area contributed by atoms with Crippen LogP contribution in [-0.2, 0) is 6.18 Å². The summed E-state index contributed by atoms with van der Waals surface area (Å²) in [7, 11) is 0. The first-order valence-electron chi connectivity index (χ1n) is 3.80. The molecule has 4 nitrogen and oxygen atoms in total. The highest BCUT2D eigenvalue weighted by Crippen LogP contribution is 2.37. The Bertz CT molecular complexity index is 481. The molecule has 1 aromatic rings. The molecule has 0 saturated heterocycles. The Labute approximate surface area is 92.6 Å². The van der Waals surface area contributed by atoms with E-state index in [-0.39, 0.29) is 5.69 Å². The van der Waals surface area contributed by atoms with E-state index in [1.165, 1.54) is 0 Å². The van der Waals surface area contributed by atoms with Gasteiger partial charge in [-0.25, -0.2) is 0 Å². The van der Waals surface area contributed by atoms with Crippen LogP contribution < -0.4 is 0 Å². The molecule has 1 aromatic carbocycles. The lowest BCUT2D eigenvalue weighted by molar-refractivity contribution is -0.388. The highest BCUT2D eigenvalue weighted by molar-refractivity contribution is 7.78. The third-order valence-corrected chi connectivity index (χ3v) is 1.75. The second kappa shape index (κ2) is 4.38. The summed E-state index contributed by atoms with van der Waals surface area (Å²) in [4.78, 5) is 12.6. The highest BCUT2D eigenvalue weighted by atomic mass is 32.1. The van der Waals surface area contributed by atoms with Gasteiger partial charge in [0.25, 0.3) is 5.69 Å². The van der Waals surface area contributed by atoms with Crippen LogP contribution >= 0.6 is 12.2 Å². The van der Waals surface area contributed by atoms with Crippen molar-refractivity contribution in [3.8, 4) is 0 Å². The van der Waals surface area contributed by atoms with Crippen molar-refractivity contribution in [2.45, 2.75) is 6.18 Å². The third kappa shape index (κ3) is 2.62. The van der Waals surface area contributed by atoms with Crippen LogP contribution in [0.3, 0.4) is 0 Å². The van der Waals surface area contributed by atoms with Crippen molar-refractivity contribution in [2.24, 2.45) is 4.99 Å². The Balaban J connectivity index is 3.44. The summed E-state index contributed by atoms with van der Waals surface area (Å²) in [6, 6.07) is 2.35. The molecule has 0 amide bonds. The molecule has 0 radical (unpaired) electrons. The number of nitrogens with zero attached hydrogens (tertiary/aromatic N) is 2. The van der Waals surface area contributed by atoms with Gasteiger partial charge in [0, 0.05) is 6.07 Å². The summed E-state index contributed by atoms with van der Waals surface area (Å²) in [6.07, 6.45) is -4.81. The summed E-state index contributed by atoms with van der Waals surface area (Å²) in [6.45, 7) is 0. The molecule has 8 heteroatoms. The molecule has 0 bridgehead atoms. The number of benzene rings is 1. The molecule has 0 fully saturated rings. The quantitative estimate of drug-likeness (QED) is 0.349. The molecule has 0 heterocycles. The van der Waals surface area contributed by atoms with Crippen LogP contribution in [0.5, 0.6) is 0 Å². The number of nitro benzene ring substituents is 1. The zero-order chi connectivity index (χ0) is 12.3. The van der Waals surface area contributed by atoms with E-state index in [0.717, 1.165) is 12.1 Å². The van der Waals surface area contributed by atoms with Gasteiger partial charge in [0.15, 0.2) is 0 Å². The molecule has 0 aliphatic carbocycles. The lowest BCUT2D eigenvalue weighted by Crippen LogP contribution is -2.08. The first-order valence-corrected chi connectivity index (χ1v) is 4.20. The first-order chi connectivity index (χ1) is 7.36. The van der Waals surface area contributed by atoms with Crippen LogP contribution in [-0.4, -0.2) is 10.1 Å². The second-order valence-electron chi connectivity index (χ2n) is 2.66. The molecule has 0 aromatic heterocycles. The van der Waals surface area contributed by atoms with Gasteiger partial charge >= 0.3 is 6.18 Å². The van der Waals surface area contributed by atoms with Gasteiger partial charge in [-0.1, -0.05) is 0 Å². The molecule has 16 heavy (non-hydrogen) atoms. The van der Waals surface area contributed by atoms with Gasteiger partial charge in [0.2, 0.25) is 0 Å². The van der Waals surface area contributed by atoms with Gasteiger partial charge < -0.3 is 0 Å². The summed E-state index contributed by atoms with van der Waals surface area (Å²) in [5, 5.41) is 12.3. The van der Waals surface area contributed by atoms with Crippen LogP contribution in [0.1, 0.15) is 5.56 Å². The lowest BCUT2D eigenvalue weighted by Gasteiger charge is -2.07. The molecule has 0 unspecified atom stereocenters. The number of nitro groups is 1. The molecular weight excluding hydrogens is 245 g/mol. The largest absolute Gasteiger partial charge is 0.423 e. The van der Waals surface area contributed by atoms with Gasteiger partial charge in [-0.3, -0.25) is 10.1 Å². The minimum atomic E-state index is -4.81. The average Bonchev–Trinajstić information content (AvgIpc) is 2.16. The smallest absolute Gasteiger partial charge is 0.258 e. The van der Waals surface area contributed by atoms with Crippen molar-refractivity contribution in [1.29, 1.82) is 0 Å². The molecule has 0 N–H and O–H groups in total. The summed E-state index contributed by atoms with van der Waals surface area (Å²) in [5.74, 6) is 0. The predicted octanol–water partition coefficient (Wildman–Crippen LogP) is 3.35. The van der Waals surface area contributed by atoms with Crippen LogP contribution in [0.15, 0.2) is 23.2 Å². The van der Waals surface area contributed by atoms with E-state index in [2.05, 4.69) is 17.2 Å². The number of rotatable bonds is 2. The van der Waals surface area contributed by atoms with Crippen LogP contribution in [0, 0.1) is 10.1 Å². The Kier molecular flexibility index (Phi) is 3.36. The Morgan fingerprint density at radius 3 is 2.50 bits per heavy atom. The Morgan fingerprint density at radius 2 is 2.06 bits per heavy atom. The van der Waals surface area contributed by atoms with Gasteiger partial charge in [-0.05, 0) is 24.4 Å². The van der Waals surface area contributed by atoms with Crippen LogP contribution in [0.2, 0.25) is 0 Å². The van der Waals surface area contributed by atoms with Crippen molar-refractivity contribution in [1.82, 2.24) is 0 Å². The Hall–Kier alpha value is -1.79. The topological polar surface area (TPSA) is 55.5 Å². The predicted molar refractivity (Wildman–Crippen MR) is 52.8 cm³/mol. The van der Waals surface area contributed by atoms with E-state index in [1.54, 1.807) is 0 Å². The van der Waals surface area contributed by atoms with Crippen molar-refractivity contribution >= 4 is 28.8 Å². The molecule has 1 rings (SSSR count). The van der Waals surface area contributed by atoms with Crippen molar-refractivity contribution in [3.63, 3.8) is 0 Å². The molecule has 0 aliphatic rings. The minimum Gasteiger partial charge on any atom is -0.258 e. The number of hydrogen-bond donors (Lipinski definition) is 0. The van der Waals surface area contributed by atoms with E-state index >= 15 is 0 Å². The molecular formula is C8H3F3N2O2S. The standard InChI is InChI=1S/C8H3F3N2O2S/c9-8(10,11)6-3-5(12-4-16)1-2-7(6)13(14)15/h1-3H. The van der Waals surface area contributed by atoms with E-state index in [4.69, 9.17) is 0 Å². The zero-order valence-electron chi connectivity index (χ0n) is 7.49. The fourth-order valence-corrected chi connectivity index (χ4v) is 1.14. The minimum absolute atomic E-state index is 0.132.